The van der Waals surface area contributed by atoms with Gasteiger partial charge < -0.3 is 19.3 Å². The minimum atomic E-state index is -1.05. The van der Waals surface area contributed by atoms with E-state index in [1.165, 1.54) is 12.5 Å². The molecular formula is C36H54O8. The third-order valence-corrected chi connectivity index (χ3v) is 14.2. The Morgan fingerprint density at radius 3 is 2.23 bits per heavy atom. The summed E-state index contributed by atoms with van der Waals surface area (Å²) in [5, 5.41) is 10.2. The highest BCUT2D eigenvalue weighted by atomic mass is 16.8. The number of hydrogen-bond donors (Lipinski definition) is 1. The fourth-order valence-electron chi connectivity index (χ4n) is 11.4. The molecule has 0 aromatic carbocycles. The zero-order valence-corrected chi connectivity index (χ0v) is 28.3. The van der Waals surface area contributed by atoms with Crippen molar-refractivity contribution in [2.75, 3.05) is 6.61 Å². The summed E-state index contributed by atoms with van der Waals surface area (Å²) in [4.78, 5) is 52.2. The first-order valence-electron chi connectivity index (χ1n) is 16.8. The van der Waals surface area contributed by atoms with Gasteiger partial charge in [0.25, 0.3) is 0 Å². The Kier molecular flexibility index (Phi) is 7.94. The number of aliphatic carboxylic acids is 1. The molecule has 4 fully saturated rings. The summed E-state index contributed by atoms with van der Waals surface area (Å²) in [5.74, 6) is -1.27. The third-order valence-electron chi connectivity index (χ3n) is 14.2. The SMILES string of the molecule is CCOC(=O)O[C@@H](C)OC(=O)[C@H]1CC[C@]2(C)[C@H]3C(=O)C=C4[C@@H]5C[C@@](C)(C(=O)O)CC[C@]5(C)CC[C@@]4(C)[C@]3(C)CC[C@H]2C1(C)C. The molecule has 5 rings (SSSR count). The van der Waals surface area contributed by atoms with Gasteiger partial charge in [0.05, 0.1) is 17.9 Å². The number of carboxylic acids is 1. The molecule has 0 bridgehead atoms. The number of hydrogen-bond acceptors (Lipinski definition) is 7. The van der Waals surface area contributed by atoms with E-state index >= 15 is 0 Å². The Morgan fingerprint density at radius 2 is 1.59 bits per heavy atom. The van der Waals surface area contributed by atoms with E-state index in [-0.39, 0.29) is 63.7 Å². The first-order chi connectivity index (χ1) is 20.3. The molecule has 4 saturated carbocycles. The van der Waals surface area contributed by atoms with Crippen molar-refractivity contribution >= 4 is 23.9 Å². The first-order valence-corrected chi connectivity index (χ1v) is 16.8. The molecule has 0 aliphatic heterocycles. The lowest BCUT2D eigenvalue weighted by molar-refractivity contribution is -0.206. The molecule has 5 aliphatic rings. The fraction of sp³-hybridized carbons (Fsp3) is 0.833. The van der Waals surface area contributed by atoms with E-state index in [0.717, 1.165) is 38.5 Å². The summed E-state index contributed by atoms with van der Waals surface area (Å²) >= 11 is 0. The van der Waals surface area contributed by atoms with E-state index in [2.05, 4.69) is 41.5 Å². The highest BCUT2D eigenvalue weighted by Crippen LogP contribution is 2.75. The number of esters is 1. The van der Waals surface area contributed by atoms with Gasteiger partial charge in [-0.05, 0) is 117 Å². The standard InChI is InChI=1S/C36H54O8/c1-10-42-30(41)44-21(2)43-28(38)22-11-13-34(7)26(31(22,3)4)12-14-36(9)27(34)25(37)19-23-24-20-33(6,29(39)40)16-15-32(24,5)17-18-35(23,36)8/h19,21-22,24,26-27H,10-18,20H2,1-9H3,(H,39,40)/t21-,22+,24-,26-,27+,32+,33-,34-,35+,36+/m0/s1. The molecule has 44 heavy (non-hydrogen) atoms. The van der Waals surface area contributed by atoms with Crippen LogP contribution in [-0.2, 0) is 28.6 Å². The maximum absolute atomic E-state index is 14.5. The van der Waals surface area contributed by atoms with E-state index in [9.17, 15) is 24.3 Å². The normalized spacial score (nSPS) is 44.8. The third kappa shape index (κ3) is 4.66. The summed E-state index contributed by atoms with van der Waals surface area (Å²) in [6, 6.07) is 0. The van der Waals surface area contributed by atoms with Crippen LogP contribution in [0, 0.1) is 56.2 Å². The number of ether oxygens (including phenoxy) is 3. The molecule has 0 saturated heterocycles. The van der Waals surface area contributed by atoms with Gasteiger partial charge in [0.2, 0.25) is 6.29 Å². The van der Waals surface area contributed by atoms with Crippen LogP contribution >= 0.6 is 0 Å². The zero-order valence-electron chi connectivity index (χ0n) is 28.3. The molecule has 0 spiro atoms. The number of fused-ring (bicyclic) bond motifs is 7. The summed E-state index contributed by atoms with van der Waals surface area (Å²) in [7, 11) is 0. The van der Waals surface area contributed by atoms with Gasteiger partial charge in [-0.3, -0.25) is 14.4 Å². The molecule has 8 nitrogen and oxygen atoms in total. The predicted octanol–water partition coefficient (Wildman–Crippen LogP) is 7.73. The fourth-order valence-corrected chi connectivity index (χ4v) is 11.4. The van der Waals surface area contributed by atoms with E-state index in [1.807, 2.05) is 13.0 Å². The van der Waals surface area contributed by atoms with Crippen molar-refractivity contribution < 1.29 is 38.5 Å². The molecule has 246 valence electrons. The van der Waals surface area contributed by atoms with E-state index in [1.54, 1.807) is 6.92 Å². The van der Waals surface area contributed by atoms with Crippen LogP contribution in [0.15, 0.2) is 11.6 Å². The molecule has 0 amide bonds. The van der Waals surface area contributed by atoms with Gasteiger partial charge in [0.1, 0.15) is 0 Å². The van der Waals surface area contributed by atoms with Gasteiger partial charge in [0, 0.05) is 12.8 Å². The monoisotopic (exact) mass is 614 g/mol. The van der Waals surface area contributed by atoms with Gasteiger partial charge in [-0.2, -0.15) is 0 Å². The second-order valence-electron chi connectivity index (χ2n) is 16.8. The lowest BCUT2D eigenvalue weighted by atomic mass is 9.33. The first kappa shape index (κ1) is 33.0. The van der Waals surface area contributed by atoms with Crippen molar-refractivity contribution in [2.45, 2.75) is 126 Å². The molecule has 0 radical (unpaired) electrons. The van der Waals surface area contributed by atoms with Crippen molar-refractivity contribution in [3.05, 3.63) is 11.6 Å². The summed E-state index contributed by atoms with van der Waals surface area (Å²) in [6.07, 6.45) is 7.35. The lowest BCUT2D eigenvalue weighted by Crippen LogP contribution is -2.66. The molecular weight excluding hydrogens is 560 g/mol. The number of ketones is 1. The Bertz CT molecular complexity index is 1270. The Hall–Kier alpha value is -2.38. The number of carbonyl (C=O) groups is 4. The van der Waals surface area contributed by atoms with Crippen molar-refractivity contribution in [1.82, 2.24) is 0 Å². The van der Waals surface area contributed by atoms with Crippen molar-refractivity contribution in [2.24, 2.45) is 56.2 Å². The minimum absolute atomic E-state index is 0.0133. The average Bonchev–Trinajstić information content (AvgIpc) is 2.90. The largest absolute Gasteiger partial charge is 0.511 e. The van der Waals surface area contributed by atoms with Crippen molar-refractivity contribution in [3.8, 4) is 0 Å². The second-order valence-corrected chi connectivity index (χ2v) is 16.8. The number of allylic oxidation sites excluding steroid dienone is 2. The van der Waals surface area contributed by atoms with Crippen LogP contribution in [0.4, 0.5) is 4.79 Å². The number of carboxylic acid groups (broad SMARTS) is 1. The van der Waals surface area contributed by atoms with E-state index in [0.29, 0.717) is 19.3 Å². The highest BCUT2D eigenvalue weighted by molar-refractivity contribution is 5.96. The predicted molar refractivity (Wildman–Crippen MR) is 164 cm³/mol. The van der Waals surface area contributed by atoms with Crippen LogP contribution in [0.2, 0.25) is 0 Å². The maximum atomic E-state index is 14.5. The number of carbonyl (C=O) groups excluding carboxylic acids is 3. The van der Waals surface area contributed by atoms with Crippen molar-refractivity contribution in [1.29, 1.82) is 0 Å². The van der Waals surface area contributed by atoms with Crippen LogP contribution in [-0.4, -0.2) is 41.9 Å². The average molecular weight is 615 g/mol. The molecule has 0 aromatic rings. The quantitative estimate of drug-likeness (QED) is 0.247. The van der Waals surface area contributed by atoms with Gasteiger partial charge >= 0.3 is 18.1 Å². The maximum Gasteiger partial charge on any atom is 0.511 e. The molecule has 0 unspecified atom stereocenters. The van der Waals surface area contributed by atoms with E-state index < -0.39 is 29.2 Å². The smallest absolute Gasteiger partial charge is 0.481 e. The minimum Gasteiger partial charge on any atom is -0.481 e. The van der Waals surface area contributed by atoms with Crippen molar-refractivity contribution in [3.63, 3.8) is 0 Å². The lowest BCUT2D eigenvalue weighted by Gasteiger charge is -2.70. The molecule has 0 aromatic heterocycles. The van der Waals surface area contributed by atoms with Gasteiger partial charge in [0.15, 0.2) is 5.78 Å². The molecule has 10 atom stereocenters. The van der Waals surface area contributed by atoms with E-state index in [4.69, 9.17) is 14.2 Å². The Balaban J connectivity index is 1.45. The topological polar surface area (TPSA) is 116 Å². The Labute approximate surface area is 263 Å². The van der Waals surface area contributed by atoms with Gasteiger partial charge in [-0.15, -0.1) is 0 Å². The van der Waals surface area contributed by atoms with Crippen LogP contribution in [0.5, 0.6) is 0 Å². The van der Waals surface area contributed by atoms with Crippen LogP contribution in [0.3, 0.4) is 0 Å². The van der Waals surface area contributed by atoms with Crippen LogP contribution in [0.25, 0.3) is 0 Å². The van der Waals surface area contributed by atoms with Crippen LogP contribution in [0.1, 0.15) is 120 Å². The van der Waals surface area contributed by atoms with Gasteiger partial charge in [-0.1, -0.05) is 47.1 Å². The summed E-state index contributed by atoms with van der Waals surface area (Å²) < 4.78 is 15.5. The van der Waals surface area contributed by atoms with Gasteiger partial charge in [-0.25, -0.2) is 4.79 Å². The van der Waals surface area contributed by atoms with Crippen LogP contribution < -0.4 is 0 Å². The number of rotatable bonds is 5. The molecule has 8 heteroatoms. The highest BCUT2D eigenvalue weighted by Gasteiger charge is 2.70. The molecule has 5 aliphatic carbocycles. The summed E-state index contributed by atoms with van der Waals surface area (Å²) in [6.45, 7) is 18.8. The zero-order chi connectivity index (χ0) is 32.7. The Morgan fingerprint density at radius 1 is 0.932 bits per heavy atom. The summed E-state index contributed by atoms with van der Waals surface area (Å²) in [5.41, 5.74) is -0.744. The second kappa shape index (κ2) is 10.6. The molecule has 0 heterocycles. The molecule has 1 N–H and O–H groups in total.